The smallest absolute Gasteiger partial charge is 0.326 e. The van der Waals surface area contributed by atoms with Gasteiger partial charge in [0.1, 0.15) is 12.1 Å². The fraction of sp³-hybridized carbons (Fsp3) is 0.304. The molecule has 0 saturated carbocycles. The molecule has 0 aliphatic carbocycles. The molecule has 4 amide bonds. The normalized spacial score (nSPS) is 18.0. The number of benzene rings is 2. The molecule has 0 bridgehead atoms. The van der Waals surface area contributed by atoms with E-state index in [0.29, 0.717) is 11.3 Å². The SMILES string of the molecule is Cc1ccc([C@]2(C)NC(=O)N(CC(=O)OCC(=O)Nc3ccc(C)c(C)c3)C2=O)cc1. The number of hydrogen-bond donors (Lipinski definition) is 2. The molecule has 162 valence electrons. The topological polar surface area (TPSA) is 105 Å². The van der Waals surface area contributed by atoms with Gasteiger partial charge in [-0.2, -0.15) is 0 Å². The quantitative estimate of drug-likeness (QED) is 0.549. The van der Waals surface area contributed by atoms with Crippen molar-refractivity contribution in [2.45, 2.75) is 33.2 Å². The lowest BCUT2D eigenvalue weighted by molar-refractivity contribution is -0.150. The van der Waals surface area contributed by atoms with Crippen LogP contribution < -0.4 is 10.6 Å². The second-order valence-electron chi connectivity index (χ2n) is 7.82. The monoisotopic (exact) mass is 423 g/mol. The van der Waals surface area contributed by atoms with Gasteiger partial charge in [-0.25, -0.2) is 4.79 Å². The van der Waals surface area contributed by atoms with Crippen molar-refractivity contribution in [3.05, 3.63) is 64.7 Å². The number of nitrogens with one attached hydrogen (secondary N) is 2. The van der Waals surface area contributed by atoms with E-state index >= 15 is 0 Å². The summed E-state index contributed by atoms with van der Waals surface area (Å²) in [7, 11) is 0. The highest BCUT2D eigenvalue weighted by molar-refractivity contribution is 6.09. The van der Waals surface area contributed by atoms with E-state index in [1.54, 1.807) is 25.1 Å². The highest BCUT2D eigenvalue weighted by Gasteiger charge is 2.49. The standard InChI is InChI=1S/C23H25N3O5/c1-14-5-8-17(9-6-14)23(4)21(29)26(22(30)25-23)12-20(28)31-13-19(27)24-18-10-7-15(2)16(3)11-18/h5-11H,12-13H2,1-4H3,(H,24,27)(H,25,30)/t23-/m0/s1. The molecule has 0 unspecified atom stereocenters. The summed E-state index contributed by atoms with van der Waals surface area (Å²) in [5.74, 6) is -1.93. The molecule has 2 N–H and O–H groups in total. The third-order valence-corrected chi connectivity index (χ3v) is 5.35. The van der Waals surface area contributed by atoms with Crippen LogP contribution in [0.5, 0.6) is 0 Å². The number of amides is 4. The van der Waals surface area contributed by atoms with Gasteiger partial charge in [0.2, 0.25) is 0 Å². The zero-order valence-electron chi connectivity index (χ0n) is 17.9. The minimum atomic E-state index is -1.27. The molecule has 1 aliphatic rings. The molecule has 8 nitrogen and oxygen atoms in total. The van der Waals surface area contributed by atoms with Crippen LogP contribution in [0, 0.1) is 20.8 Å². The molecule has 1 fully saturated rings. The lowest BCUT2D eigenvalue weighted by Gasteiger charge is -2.22. The number of anilines is 1. The van der Waals surface area contributed by atoms with Crippen LogP contribution in [0.3, 0.4) is 0 Å². The van der Waals surface area contributed by atoms with Crippen LogP contribution in [0.4, 0.5) is 10.5 Å². The summed E-state index contributed by atoms with van der Waals surface area (Å²) in [5.41, 5.74) is 3.06. The highest BCUT2D eigenvalue weighted by Crippen LogP contribution is 2.28. The van der Waals surface area contributed by atoms with Gasteiger partial charge in [-0.1, -0.05) is 35.9 Å². The number of carbonyl (C=O) groups excluding carboxylic acids is 4. The van der Waals surface area contributed by atoms with Gasteiger partial charge in [-0.15, -0.1) is 0 Å². The van der Waals surface area contributed by atoms with Crippen LogP contribution >= 0.6 is 0 Å². The number of urea groups is 1. The fourth-order valence-electron chi connectivity index (χ4n) is 3.26. The first-order chi connectivity index (χ1) is 14.6. The molecule has 2 aromatic carbocycles. The molecule has 0 aromatic heterocycles. The van der Waals surface area contributed by atoms with Crippen LogP contribution in [0.1, 0.15) is 29.2 Å². The maximum absolute atomic E-state index is 12.9. The first-order valence-electron chi connectivity index (χ1n) is 9.84. The summed E-state index contributed by atoms with van der Waals surface area (Å²) in [6.07, 6.45) is 0. The molecule has 1 aliphatic heterocycles. The largest absolute Gasteiger partial charge is 0.454 e. The molecule has 0 spiro atoms. The zero-order chi connectivity index (χ0) is 22.8. The Bertz CT molecular complexity index is 1050. The maximum Gasteiger partial charge on any atom is 0.326 e. The van der Waals surface area contributed by atoms with Gasteiger partial charge in [0.25, 0.3) is 11.8 Å². The van der Waals surface area contributed by atoms with Gasteiger partial charge in [-0.05, 0) is 56.5 Å². The Kier molecular flexibility index (Phi) is 6.10. The van der Waals surface area contributed by atoms with Crippen molar-refractivity contribution in [3.8, 4) is 0 Å². The van der Waals surface area contributed by atoms with Gasteiger partial charge in [0, 0.05) is 5.69 Å². The minimum Gasteiger partial charge on any atom is -0.454 e. The number of hydrogen-bond acceptors (Lipinski definition) is 5. The van der Waals surface area contributed by atoms with Gasteiger partial charge in [0.05, 0.1) is 0 Å². The van der Waals surface area contributed by atoms with E-state index in [9.17, 15) is 19.2 Å². The lowest BCUT2D eigenvalue weighted by atomic mass is 9.91. The second-order valence-corrected chi connectivity index (χ2v) is 7.82. The molecule has 1 atom stereocenters. The zero-order valence-corrected chi connectivity index (χ0v) is 17.9. The third-order valence-electron chi connectivity index (χ3n) is 5.35. The van der Waals surface area contributed by atoms with Crippen LogP contribution in [-0.2, 0) is 24.7 Å². The van der Waals surface area contributed by atoms with Crippen molar-refractivity contribution in [3.63, 3.8) is 0 Å². The van der Waals surface area contributed by atoms with Gasteiger partial charge in [-0.3, -0.25) is 19.3 Å². The number of carbonyl (C=O) groups is 4. The molecular weight excluding hydrogens is 398 g/mol. The summed E-state index contributed by atoms with van der Waals surface area (Å²) in [6.45, 7) is 6.28. The van der Waals surface area contributed by atoms with E-state index in [4.69, 9.17) is 4.74 Å². The summed E-state index contributed by atoms with van der Waals surface area (Å²) in [5, 5.41) is 5.27. The first-order valence-corrected chi connectivity index (χ1v) is 9.84. The molecule has 1 heterocycles. The Morgan fingerprint density at radius 3 is 2.35 bits per heavy atom. The van der Waals surface area contributed by atoms with E-state index < -0.39 is 42.5 Å². The predicted molar refractivity (Wildman–Crippen MR) is 114 cm³/mol. The van der Waals surface area contributed by atoms with Gasteiger partial charge < -0.3 is 15.4 Å². The average Bonchev–Trinajstić information content (AvgIpc) is 2.93. The summed E-state index contributed by atoms with van der Waals surface area (Å²) >= 11 is 0. The fourth-order valence-corrected chi connectivity index (χ4v) is 3.26. The average molecular weight is 423 g/mol. The lowest BCUT2D eigenvalue weighted by Crippen LogP contribution is -2.41. The van der Waals surface area contributed by atoms with Gasteiger partial charge in [0.15, 0.2) is 6.61 Å². The first kappa shape index (κ1) is 22.0. The molecule has 0 radical (unpaired) electrons. The Morgan fingerprint density at radius 1 is 1.03 bits per heavy atom. The number of nitrogens with zero attached hydrogens (tertiary/aromatic N) is 1. The van der Waals surface area contributed by atoms with Crippen molar-refractivity contribution in [1.82, 2.24) is 10.2 Å². The Labute approximate surface area is 180 Å². The number of imide groups is 1. The minimum absolute atomic E-state index is 0.515. The number of rotatable bonds is 6. The van der Waals surface area contributed by atoms with Gasteiger partial charge >= 0.3 is 12.0 Å². The number of ether oxygens (including phenoxy) is 1. The van der Waals surface area contributed by atoms with Crippen LogP contribution in [0.15, 0.2) is 42.5 Å². The maximum atomic E-state index is 12.9. The third kappa shape index (κ3) is 4.74. The van der Waals surface area contributed by atoms with Crippen molar-refractivity contribution < 1.29 is 23.9 Å². The summed E-state index contributed by atoms with van der Waals surface area (Å²) < 4.78 is 4.95. The van der Waals surface area contributed by atoms with Crippen molar-refractivity contribution in [2.24, 2.45) is 0 Å². The molecule has 2 aromatic rings. The second kappa shape index (κ2) is 8.59. The highest BCUT2D eigenvalue weighted by atomic mass is 16.5. The molecule has 8 heteroatoms. The predicted octanol–water partition coefficient (Wildman–Crippen LogP) is 2.56. The Morgan fingerprint density at radius 2 is 1.71 bits per heavy atom. The van der Waals surface area contributed by atoms with E-state index in [1.165, 1.54) is 0 Å². The van der Waals surface area contributed by atoms with Crippen molar-refractivity contribution >= 4 is 29.5 Å². The molecule has 3 rings (SSSR count). The Balaban J connectivity index is 1.56. The molecule has 31 heavy (non-hydrogen) atoms. The Hall–Kier alpha value is -3.68. The van der Waals surface area contributed by atoms with E-state index in [2.05, 4.69) is 10.6 Å². The number of esters is 1. The summed E-state index contributed by atoms with van der Waals surface area (Å²) in [4.78, 5) is 50.2. The molecule has 1 saturated heterocycles. The van der Waals surface area contributed by atoms with Crippen molar-refractivity contribution in [1.29, 1.82) is 0 Å². The number of aryl methyl sites for hydroxylation is 3. The van der Waals surface area contributed by atoms with E-state index in [1.807, 2.05) is 45.0 Å². The summed E-state index contributed by atoms with van der Waals surface area (Å²) in [6, 6.07) is 11.9. The molecular formula is C23H25N3O5. The van der Waals surface area contributed by atoms with E-state index in [-0.39, 0.29) is 0 Å². The van der Waals surface area contributed by atoms with Crippen LogP contribution in [-0.4, -0.2) is 41.9 Å². The van der Waals surface area contributed by atoms with E-state index in [0.717, 1.165) is 21.6 Å². The van der Waals surface area contributed by atoms with Crippen LogP contribution in [0.25, 0.3) is 0 Å². The van der Waals surface area contributed by atoms with Crippen molar-refractivity contribution in [2.75, 3.05) is 18.5 Å². The van der Waals surface area contributed by atoms with Crippen LogP contribution in [0.2, 0.25) is 0 Å².